The Labute approximate surface area is 109 Å². The molecule has 0 amide bonds. The van der Waals surface area contributed by atoms with Gasteiger partial charge in [0.05, 0.1) is 19.0 Å². The summed E-state index contributed by atoms with van der Waals surface area (Å²) < 4.78 is 7.24. The zero-order chi connectivity index (χ0) is 13.5. The van der Waals surface area contributed by atoms with Gasteiger partial charge in [0.15, 0.2) is 0 Å². The van der Waals surface area contributed by atoms with E-state index in [0.717, 1.165) is 23.4 Å². The molecule has 0 N–H and O–H groups in total. The average Bonchev–Trinajstić information content (AvgIpc) is 2.66. The van der Waals surface area contributed by atoms with Crippen LogP contribution >= 0.6 is 0 Å². The van der Waals surface area contributed by atoms with Crippen LogP contribution in [0.2, 0.25) is 0 Å². The summed E-state index contributed by atoms with van der Waals surface area (Å²) in [4.78, 5) is 0. The quantitative estimate of drug-likeness (QED) is 0.574. The summed E-state index contributed by atoms with van der Waals surface area (Å²) in [5.41, 5.74) is 3.25. The van der Waals surface area contributed by atoms with E-state index in [4.69, 9.17) is 4.74 Å². The second-order valence-electron chi connectivity index (χ2n) is 4.30. The molecule has 100 valence electrons. The normalized spacial score (nSPS) is 12.4. The molecule has 1 heterocycles. The van der Waals surface area contributed by atoms with Crippen molar-refractivity contribution in [3.8, 4) is 0 Å². The second kappa shape index (κ2) is 6.96. The number of rotatable bonds is 6. The van der Waals surface area contributed by atoms with Gasteiger partial charge in [-0.15, -0.1) is 0 Å². The van der Waals surface area contributed by atoms with Crippen molar-refractivity contribution in [1.29, 1.82) is 0 Å². The van der Waals surface area contributed by atoms with Crippen LogP contribution in [0.25, 0.3) is 6.20 Å². The van der Waals surface area contributed by atoms with Crippen LogP contribution in [0.15, 0.2) is 16.9 Å². The fourth-order valence-corrected chi connectivity index (χ4v) is 1.38. The summed E-state index contributed by atoms with van der Waals surface area (Å²) >= 11 is 0. The molecule has 5 nitrogen and oxygen atoms in total. The Balaban J connectivity index is 2.78. The van der Waals surface area contributed by atoms with Crippen molar-refractivity contribution >= 4 is 12.4 Å². The monoisotopic (exact) mass is 250 g/mol. The van der Waals surface area contributed by atoms with E-state index in [0.29, 0.717) is 6.61 Å². The smallest absolute Gasteiger partial charge is 0.0750 e. The van der Waals surface area contributed by atoms with Crippen LogP contribution in [0, 0.1) is 6.92 Å². The topological polar surface area (TPSA) is 42.6 Å². The molecule has 1 aromatic rings. The first kappa shape index (κ1) is 14.4. The van der Waals surface area contributed by atoms with Gasteiger partial charge in [-0.1, -0.05) is 0 Å². The molecule has 0 unspecified atom stereocenters. The van der Waals surface area contributed by atoms with Crippen LogP contribution in [-0.4, -0.2) is 41.7 Å². The van der Waals surface area contributed by atoms with Gasteiger partial charge < -0.3 is 9.75 Å². The molecule has 0 atom stereocenters. The standard InChI is InChI=1S/C13H22N4O/c1-6-18-10-13-8-15-17(12(13)3)9-11(2)7-14-16(4)5/h7-9H,6,10H2,1-5H3/b11-9+,14-7+. The minimum absolute atomic E-state index is 0.612. The first-order valence-electron chi connectivity index (χ1n) is 6.05. The Kier molecular flexibility index (Phi) is 5.58. The highest BCUT2D eigenvalue weighted by Gasteiger charge is 2.04. The lowest BCUT2D eigenvalue weighted by Gasteiger charge is -2.03. The first-order chi connectivity index (χ1) is 8.54. The molecular weight excluding hydrogens is 228 g/mol. The highest BCUT2D eigenvalue weighted by molar-refractivity contribution is 5.81. The van der Waals surface area contributed by atoms with Crippen LogP contribution in [-0.2, 0) is 11.3 Å². The molecule has 0 spiro atoms. The van der Waals surface area contributed by atoms with Gasteiger partial charge in [-0.05, 0) is 26.3 Å². The molecule has 1 rings (SSSR count). The third-order valence-electron chi connectivity index (χ3n) is 2.43. The van der Waals surface area contributed by atoms with E-state index < -0.39 is 0 Å². The molecule has 18 heavy (non-hydrogen) atoms. The molecule has 0 aromatic carbocycles. The van der Waals surface area contributed by atoms with Crippen molar-refractivity contribution in [2.45, 2.75) is 27.4 Å². The largest absolute Gasteiger partial charge is 0.377 e. The molecule has 0 fully saturated rings. The third kappa shape index (κ3) is 4.33. The van der Waals surface area contributed by atoms with Crippen molar-refractivity contribution in [2.24, 2.45) is 5.10 Å². The molecule has 0 aliphatic carbocycles. The van der Waals surface area contributed by atoms with E-state index in [2.05, 4.69) is 10.2 Å². The number of hydrazone groups is 1. The number of ether oxygens (including phenoxy) is 1. The van der Waals surface area contributed by atoms with Crippen LogP contribution in [0.3, 0.4) is 0 Å². The minimum atomic E-state index is 0.612. The van der Waals surface area contributed by atoms with Gasteiger partial charge in [-0.2, -0.15) is 10.2 Å². The summed E-state index contributed by atoms with van der Waals surface area (Å²) in [7, 11) is 3.78. The average molecular weight is 250 g/mol. The molecule has 0 aliphatic heterocycles. The van der Waals surface area contributed by atoms with E-state index in [-0.39, 0.29) is 0 Å². The Morgan fingerprint density at radius 2 is 2.28 bits per heavy atom. The van der Waals surface area contributed by atoms with Crippen LogP contribution in [0.4, 0.5) is 0 Å². The predicted molar refractivity (Wildman–Crippen MR) is 74.4 cm³/mol. The van der Waals surface area contributed by atoms with E-state index in [9.17, 15) is 0 Å². The summed E-state index contributed by atoms with van der Waals surface area (Å²) in [6.07, 6.45) is 5.61. The number of nitrogens with zero attached hydrogens (tertiary/aromatic N) is 4. The summed E-state index contributed by atoms with van der Waals surface area (Å²) in [6, 6.07) is 0. The number of hydrogen-bond acceptors (Lipinski definition) is 4. The van der Waals surface area contributed by atoms with Crippen molar-refractivity contribution in [2.75, 3.05) is 20.7 Å². The SMILES string of the molecule is CCOCc1cnn(/C=C(C)/C=N/N(C)C)c1C. The van der Waals surface area contributed by atoms with Gasteiger partial charge in [0.1, 0.15) is 0 Å². The van der Waals surface area contributed by atoms with Crippen LogP contribution < -0.4 is 0 Å². The van der Waals surface area contributed by atoms with Gasteiger partial charge in [0, 0.05) is 38.2 Å². The van der Waals surface area contributed by atoms with Crippen molar-refractivity contribution in [3.05, 3.63) is 23.0 Å². The lowest BCUT2D eigenvalue weighted by atomic mass is 10.3. The predicted octanol–water partition coefficient (Wildman–Crippen LogP) is 2.14. The Bertz CT molecular complexity index is 432. The van der Waals surface area contributed by atoms with Crippen molar-refractivity contribution < 1.29 is 4.74 Å². The zero-order valence-corrected chi connectivity index (χ0v) is 11.8. The zero-order valence-electron chi connectivity index (χ0n) is 11.8. The fraction of sp³-hybridized carbons (Fsp3) is 0.538. The molecule has 0 saturated heterocycles. The maximum Gasteiger partial charge on any atom is 0.0750 e. The van der Waals surface area contributed by atoms with Gasteiger partial charge in [-0.25, -0.2) is 4.68 Å². The minimum Gasteiger partial charge on any atom is -0.377 e. The summed E-state index contributed by atoms with van der Waals surface area (Å²) in [5.74, 6) is 0. The van der Waals surface area contributed by atoms with Gasteiger partial charge in [-0.3, -0.25) is 0 Å². The first-order valence-corrected chi connectivity index (χ1v) is 6.05. The second-order valence-corrected chi connectivity index (χ2v) is 4.30. The van der Waals surface area contributed by atoms with E-state index in [1.807, 2.05) is 58.2 Å². The van der Waals surface area contributed by atoms with Crippen LogP contribution in [0.1, 0.15) is 25.1 Å². The summed E-state index contributed by atoms with van der Waals surface area (Å²) in [5, 5.41) is 10.3. The molecule has 0 saturated carbocycles. The molecule has 5 heteroatoms. The van der Waals surface area contributed by atoms with Gasteiger partial charge in [0.25, 0.3) is 0 Å². The van der Waals surface area contributed by atoms with E-state index >= 15 is 0 Å². The highest BCUT2D eigenvalue weighted by Crippen LogP contribution is 2.09. The molecule has 0 aliphatic rings. The van der Waals surface area contributed by atoms with Gasteiger partial charge in [0.2, 0.25) is 0 Å². The Hall–Kier alpha value is -1.62. The Morgan fingerprint density at radius 3 is 2.89 bits per heavy atom. The maximum atomic E-state index is 5.39. The van der Waals surface area contributed by atoms with Crippen molar-refractivity contribution in [1.82, 2.24) is 14.8 Å². The molecule has 0 radical (unpaired) electrons. The number of aromatic nitrogens is 2. The molecular formula is C13H22N4O. The molecule has 1 aromatic heterocycles. The maximum absolute atomic E-state index is 5.39. The van der Waals surface area contributed by atoms with Crippen molar-refractivity contribution in [3.63, 3.8) is 0 Å². The molecule has 0 bridgehead atoms. The number of hydrogen-bond donors (Lipinski definition) is 0. The number of allylic oxidation sites excluding steroid dienone is 1. The van der Waals surface area contributed by atoms with Gasteiger partial charge >= 0.3 is 0 Å². The summed E-state index contributed by atoms with van der Waals surface area (Å²) in [6.45, 7) is 7.35. The third-order valence-corrected chi connectivity index (χ3v) is 2.43. The fourth-order valence-electron chi connectivity index (χ4n) is 1.38. The van der Waals surface area contributed by atoms with E-state index in [1.54, 1.807) is 5.01 Å². The Morgan fingerprint density at radius 1 is 1.56 bits per heavy atom. The van der Waals surface area contributed by atoms with Crippen LogP contribution in [0.5, 0.6) is 0 Å². The lowest BCUT2D eigenvalue weighted by molar-refractivity contribution is 0.133. The highest BCUT2D eigenvalue weighted by atomic mass is 16.5. The lowest BCUT2D eigenvalue weighted by Crippen LogP contribution is -2.02. The van der Waals surface area contributed by atoms with E-state index in [1.165, 1.54) is 0 Å².